The van der Waals surface area contributed by atoms with E-state index in [0.717, 1.165) is 0 Å². The fourth-order valence-corrected chi connectivity index (χ4v) is 1.30. The lowest BCUT2D eigenvalue weighted by atomic mass is 10.1. The van der Waals surface area contributed by atoms with Gasteiger partial charge in [-0.3, -0.25) is 9.59 Å². The Morgan fingerprint density at radius 1 is 1.47 bits per heavy atom. The smallest absolute Gasteiger partial charge is 0.255 e. The molecule has 5 nitrogen and oxygen atoms in total. The first-order chi connectivity index (χ1) is 8.06. The molecule has 0 aromatic heterocycles. The number of hydrogen-bond donors (Lipinski definition) is 3. The fourth-order valence-electron chi connectivity index (χ4n) is 1.30. The van der Waals surface area contributed by atoms with Crippen molar-refractivity contribution in [3.63, 3.8) is 0 Å². The number of phenolic OH excluding ortho intramolecular Hbond substituents is 1. The number of amides is 2. The summed E-state index contributed by atoms with van der Waals surface area (Å²) in [5.74, 6) is -0.246. The van der Waals surface area contributed by atoms with E-state index >= 15 is 0 Å². The molecule has 0 saturated heterocycles. The SMILES string of the molecule is CC(C)CNC(=O)c1cccc(NC=O)c1O. The number of anilines is 1. The zero-order chi connectivity index (χ0) is 12.8. The number of phenols is 1. The van der Waals surface area contributed by atoms with Crippen LogP contribution in [0.2, 0.25) is 0 Å². The third-order valence-corrected chi connectivity index (χ3v) is 2.17. The van der Waals surface area contributed by atoms with Gasteiger partial charge in [-0.2, -0.15) is 0 Å². The van der Waals surface area contributed by atoms with E-state index in [1.807, 2.05) is 13.8 Å². The fraction of sp³-hybridized carbons (Fsp3) is 0.333. The van der Waals surface area contributed by atoms with Gasteiger partial charge in [-0.1, -0.05) is 19.9 Å². The van der Waals surface area contributed by atoms with E-state index in [1.54, 1.807) is 6.07 Å². The quantitative estimate of drug-likeness (QED) is 0.533. The normalized spacial score (nSPS) is 10.1. The van der Waals surface area contributed by atoms with Crippen LogP contribution in [0.25, 0.3) is 0 Å². The van der Waals surface area contributed by atoms with E-state index in [2.05, 4.69) is 10.6 Å². The van der Waals surface area contributed by atoms with Crippen LogP contribution in [0.4, 0.5) is 5.69 Å². The van der Waals surface area contributed by atoms with Crippen LogP contribution in [0.1, 0.15) is 24.2 Å². The van der Waals surface area contributed by atoms with Gasteiger partial charge in [0.1, 0.15) is 0 Å². The van der Waals surface area contributed by atoms with Crippen LogP contribution in [-0.2, 0) is 4.79 Å². The summed E-state index contributed by atoms with van der Waals surface area (Å²) in [6.45, 7) is 4.48. The van der Waals surface area contributed by atoms with Crippen molar-refractivity contribution < 1.29 is 14.7 Å². The monoisotopic (exact) mass is 236 g/mol. The molecule has 5 heteroatoms. The highest BCUT2D eigenvalue weighted by atomic mass is 16.3. The first-order valence-electron chi connectivity index (χ1n) is 5.36. The maximum absolute atomic E-state index is 11.7. The Kier molecular flexibility index (Phi) is 4.51. The minimum atomic E-state index is -0.356. The molecule has 3 N–H and O–H groups in total. The Morgan fingerprint density at radius 2 is 2.18 bits per heavy atom. The molecule has 0 saturated carbocycles. The zero-order valence-corrected chi connectivity index (χ0v) is 9.86. The summed E-state index contributed by atoms with van der Waals surface area (Å²) in [4.78, 5) is 22.0. The van der Waals surface area contributed by atoms with Crippen LogP contribution in [0.5, 0.6) is 5.75 Å². The van der Waals surface area contributed by atoms with Gasteiger partial charge in [-0.05, 0) is 18.1 Å². The zero-order valence-electron chi connectivity index (χ0n) is 9.86. The number of para-hydroxylation sites is 1. The lowest BCUT2D eigenvalue weighted by molar-refractivity contribution is -0.105. The molecule has 2 amide bonds. The molecule has 1 rings (SSSR count). The molecule has 0 aliphatic rings. The predicted molar refractivity (Wildman–Crippen MR) is 65.0 cm³/mol. The van der Waals surface area contributed by atoms with Gasteiger partial charge in [-0.15, -0.1) is 0 Å². The second-order valence-corrected chi connectivity index (χ2v) is 4.07. The maximum atomic E-state index is 11.7. The first kappa shape index (κ1) is 13.0. The van der Waals surface area contributed by atoms with Crippen molar-refractivity contribution in [3.05, 3.63) is 23.8 Å². The summed E-state index contributed by atoms with van der Waals surface area (Å²) in [7, 11) is 0. The standard InChI is InChI=1S/C12H16N2O3/c1-8(2)6-13-12(17)9-4-3-5-10(11(9)16)14-7-15/h3-5,7-8,16H,6H2,1-2H3,(H,13,17)(H,14,15). The number of carbonyl (C=O) groups is 2. The number of hydrogen-bond acceptors (Lipinski definition) is 3. The lowest BCUT2D eigenvalue weighted by Crippen LogP contribution is -2.27. The van der Waals surface area contributed by atoms with Crippen molar-refractivity contribution in [2.24, 2.45) is 5.92 Å². The Bertz CT molecular complexity index is 416. The van der Waals surface area contributed by atoms with Crippen LogP contribution >= 0.6 is 0 Å². The molecule has 0 aliphatic carbocycles. The average Bonchev–Trinajstić information content (AvgIpc) is 2.29. The van der Waals surface area contributed by atoms with E-state index in [9.17, 15) is 14.7 Å². The summed E-state index contributed by atoms with van der Waals surface area (Å²) in [5, 5.41) is 14.8. The van der Waals surface area contributed by atoms with Gasteiger partial charge in [0.2, 0.25) is 6.41 Å². The van der Waals surface area contributed by atoms with Crippen molar-refractivity contribution in [3.8, 4) is 5.75 Å². The maximum Gasteiger partial charge on any atom is 0.255 e. The Balaban J connectivity index is 2.86. The van der Waals surface area contributed by atoms with E-state index in [-0.39, 0.29) is 22.9 Å². The summed E-state index contributed by atoms with van der Waals surface area (Å²) < 4.78 is 0. The molecule has 0 radical (unpaired) electrons. The third-order valence-electron chi connectivity index (χ3n) is 2.17. The molecular weight excluding hydrogens is 220 g/mol. The van der Waals surface area contributed by atoms with Gasteiger partial charge in [0.15, 0.2) is 5.75 Å². The minimum Gasteiger partial charge on any atom is -0.505 e. The molecule has 0 spiro atoms. The van der Waals surface area contributed by atoms with Crippen molar-refractivity contribution in [1.29, 1.82) is 0 Å². The van der Waals surface area contributed by atoms with Gasteiger partial charge >= 0.3 is 0 Å². The molecule has 0 heterocycles. The molecule has 0 atom stereocenters. The summed E-state index contributed by atoms with van der Waals surface area (Å²) in [6, 6.07) is 4.61. The second kappa shape index (κ2) is 5.89. The molecular formula is C12H16N2O3. The Morgan fingerprint density at radius 3 is 2.76 bits per heavy atom. The van der Waals surface area contributed by atoms with Crippen LogP contribution in [0, 0.1) is 5.92 Å². The van der Waals surface area contributed by atoms with Crippen molar-refractivity contribution in [1.82, 2.24) is 5.32 Å². The number of carbonyl (C=O) groups excluding carboxylic acids is 2. The van der Waals surface area contributed by atoms with E-state index in [4.69, 9.17) is 0 Å². The molecule has 0 bridgehead atoms. The Labute approximate surface area is 99.8 Å². The summed E-state index contributed by atoms with van der Waals surface area (Å²) in [6.07, 6.45) is 0.449. The van der Waals surface area contributed by atoms with Gasteiger partial charge in [0.05, 0.1) is 11.3 Å². The van der Waals surface area contributed by atoms with Gasteiger partial charge in [0.25, 0.3) is 5.91 Å². The second-order valence-electron chi connectivity index (χ2n) is 4.07. The van der Waals surface area contributed by atoms with Gasteiger partial charge in [0, 0.05) is 6.54 Å². The summed E-state index contributed by atoms with van der Waals surface area (Å²) >= 11 is 0. The van der Waals surface area contributed by atoms with Gasteiger partial charge in [-0.25, -0.2) is 0 Å². The molecule has 1 aromatic carbocycles. The molecule has 1 aromatic rings. The van der Waals surface area contributed by atoms with Crippen molar-refractivity contribution in [2.45, 2.75) is 13.8 Å². The molecule has 0 unspecified atom stereocenters. The topological polar surface area (TPSA) is 78.4 Å². The average molecular weight is 236 g/mol. The molecule has 92 valence electrons. The van der Waals surface area contributed by atoms with Crippen LogP contribution in [-0.4, -0.2) is 24.0 Å². The highest BCUT2D eigenvalue weighted by Crippen LogP contribution is 2.26. The van der Waals surface area contributed by atoms with Crippen LogP contribution in [0.3, 0.4) is 0 Å². The Hall–Kier alpha value is -2.04. The lowest BCUT2D eigenvalue weighted by Gasteiger charge is -2.10. The van der Waals surface area contributed by atoms with E-state index < -0.39 is 0 Å². The van der Waals surface area contributed by atoms with E-state index in [0.29, 0.717) is 18.9 Å². The highest BCUT2D eigenvalue weighted by molar-refractivity contribution is 5.99. The number of nitrogens with one attached hydrogen (secondary N) is 2. The van der Waals surface area contributed by atoms with Gasteiger partial charge < -0.3 is 15.7 Å². The highest BCUT2D eigenvalue weighted by Gasteiger charge is 2.13. The minimum absolute atomic E-state index is 0.150. The molecule has 0 fully saturated rings. The summed E-state index contributed by atoms with van der Waals surface area (Å²) in [5.41, 5.74) is 0.370. The predicted octanol–water partition coefficient (Wildman–Crippen LogP) is 1.35. The van der Waals surface area contributed by atoms with Crippen LogP contribution in [0.15, 0.2) is 18.2 Å². The number of rotatable bonds is 5. The third kappa shape index (κ3) is 3.48. The van der Waals surface area contributed by atoms with E-state index in [1.165, 1.54) is 12.1 Å². The molecule has 17 heavy (non-hydrogen) atoms. The largest absolute Gasteiger partial charge is 0.505 e. The van der Waals surface area contributed by atoms with Crippen molar-refractivity contribution >= 4 is 18.0 Å². The molecule has 0 aliphatic heterocycles. The first-order valence-corrected chi connectivity index (χ1v) is 5.36. The van der Waals surface area contributed by atoms with Crippen molar-refractivity contribution in [2.75, 3.05) is 11.9 Å². The van der Waals surface area contributed by atoms with Crippen LogP contribution < -0.4 is 10.6 Å². The number of benzene rings is 1. The number of aromatic hydroxyl groups is 1.